The average Bonchev–Trinajstić information content (AvgIpc) is 2.59. The number of para-hydroxylation sites is 1. The van der Waals surface area contributed by atoms with E-state index in [1.807, 2.05) is 43.0 Å². The summed E-state index contributed by atoms with van der Waals surface area (Å²) in [6.45, 7) is 8.61. The lowest BCUT2D eigenvalue weighted by Gasteiger charge is -2.35. The van der Waals surface area contributed by atoms with Gasteiger partial charge in [-0.15, -0.1) is 0 Å². The van der Waals surface area contributed by atoms with E-state index in [9.17, 15) is 9.59 Å². The van der Waals surface area contributed by atoms with E-state index >= 15 is 0 Å². The van der Waals surface area contributed by atoms with Crippen LogP contribution in [0.5, 0.6) is 5.75 Å². The highest BCUT2D eigenvalue weighted by atomic mass is 16.5. The molecule has 1 aliphatic rings. The normalized spacial score (nSPS) is 14.8. The van der Waals surface area contributed by atoms with Crippen LogP contribution >= 0.6 is 0 Å². The van der Waals surface area contributed by atoms with Gasteiger partial charge in [0.2, 0.25) is 5.91 Å². The zero-order valence-electron chi connectivity index (χ0n) is 15.0. The molecule has 24 heavy (non-hydrogen) atoms. The molecule has 0 spiro atoms. The van der Waals surface area contributed by atoms with Crippen molar-refractivity contribution in [3.63, 3.8) is 0 Å². The van der Waals surface area contributed by atoms with Crippen LogP contribution in [0.1, 0.15) is 32.8 Å². The fourth-order valence-corrected chi connectivity index (χ4v) is 2.85. The van der Waals surface area contributed by atoms with E-state index < -0.39 is 0 Å². The Morgan fingerprint density at radius 2 is 1.62 bits per heavy atom. The van der Waals surface area contributed by atoms with Crippen LogP contribution in [0.25, 0.3) is 0 Å². The Bertz CT molecular complexity index is 563. The molecule has 0 bridgehead atoms. The Balaban J connectivity index is 1.79. The third-order valence-electron chi connectivity index (χ3n) is 4.27. The van der Waals surface area contributed by atoms with E-state index in [2.05, 4.69) is 6.92 Å². The van der Waals surface area contributed by atoms with Gasteiger partial charge in [-0.1, -0.05) is 39.0 Å². The molecular formula is C19H28N2O3. The molecule has 1 saturated heterocycles. The minimum Gasteiger partial charge on any atom is -0.483 e. The van der Waals surface area contributed by atoms with Crippen LogP contribution in [0.4, 0.5) is 0 Å². The smallest absolute Gasteiger partial charge is 0.260 e. The predicted molar refractivity (Wildman–Crippen MR) is 93.9 cm³/mol. The van der Waals surface area contributed by atoms with Crippen molar-refractivity contribution in [2.75, 3.05) is 32.8 Å². The van der Waals surface area contributed by atoms with Crippen LogP contribution in [0, 0.1) is 5.92 Å². The summed E-state index contributed by atoms with van der Waals surface area (Å²) in [5.74, 6) is 1.31. The van der Waals surface area contributed by atoms with Crippen molar-refractivity contribution in [1.82, 2.24) is 9.80 Å². The van der Waals surface area contributed by atoms with Gasteiger partial charge < -0.3 is 14.5 Å². The lowest BCUT2D eigenvalue weighted by atomic mass is 10.1. The van der Waals surface area contributed by atoms with E-state index in [0.29, 0.717) is 38.5 Å². The summed E-state index contributed by atoms with van der Waals surface area (Å²) in [5, 5.41) is 0. The molecule has 1 aliphatic heterocycles. The van der Waals surface area contributed by atoms with Gasteiger partial charge in [0.1, 0.15) is 5.75 Å². The molecule has 1 fully saturated rings. The first-order valence-corrected chi connectivity index (χ1v) is 8.77. The molecule has 1 aromatic rings. The zero-order valence-corrected chi connectivity index (χ0v) is 15.0. The molecule has 0 aliphatic carbocycles. The summed E-state index contributed by atoms with van der Waals surface area (Å²) in [4.78, 5) is 28.0. The summed E-state index contributed by atoms with van der Waals surface area (Å²) >= 11 is 0. The van der Waals surface area contributed by atoms with Gasteiger partial charge in [-0.2, -0.15) is 0 Å². The average molecular weight is 332 g/mol. The largest absolute Gasteiger partial charge is 0.483 e. The van der Waals surface area contributed by atoms with E-state index in [0.717, 1.165) is 17.7 Å². The molecule has 0 N–H and O–H groups in total. The Labute approximate surface area is 144 Å². The molecule has 2 rings (SSSR count). The number of carbonyl (C=O) groups excluding carboxylic acids is 2. The standard InChI is InChI=1S/C19H28N2O3/c1-4-16-7-5-6-8-17(16)24-14-19(23)21-11-9-20(10-12-21)18(22)13-15(2)3/h5-8,15H,4,9-14H2,1-3H3. The van der Waals surface area contributed by atoms with Crippen LogP contribution in [-0.4, -0.2) is 54.4 Å². The summed E-state index contributed by atoms with van der Waals surface area (Å²) in [7, 11) is 0. The SMILES string of the molecule is CCc1ccccc1OCC(=O)N1CCN(C(=O)CC(C)C)CC1. The quantitative estimate of drug-likeness (QED) is 0.803. The molecule has 0 radical (unpaired) electrons. The fourth-order valence-electron chi connectivity index (χ4n) is 2.85. The van der Waals surface area contributed by atoms with Crippen molar-refractivity contribution >= 4 is 11.8 Å². The Kier molecular flexibility index (Phi) is 6.64. The van der Waals surface area contributed by atoms with Gasteiger partial charge in [0.25, 0.3) is 5.91 Å². The van der Waals surface area contributed by atoms with Crippen molar-refractivity contribution in [2.45, 2.75) is 33.6 Å². The van der Waals surface area contributed by atoms with Crippen molar-refractivity contribution < 1.29 is 14.3 Å². The first-order chi connectivity index (χ1) is 11.5. The van der Waals surface area contributed by atoms with Crippen molar-refractivity contribution in [3.05, 3.63) is 29.8 Å². The highest BCUT2D eigenvalue weighted by molar-refractivity contribution is 5.79. The molecule has 132 valence electrons. The molecule has 5 heteroatoms. The van der Waals surface area contributed by atoms with Gasteiger partial charge in [-0.05, 0) is 24.0 Å². The van der Waals surface area contributed by atoms with Gasteiger partial charge in [0, 0.05) is 32.6 Å². The third kappa shape index (κ3) is 4.98. The van der Waals surface area contributed by atoms with E-state index in [-0.39, 0.29) is 18.4 Å². The number of piperazine rings is 1. The lowest BCUT2D eigenvalue weighted by Crippen LogP contribution is -2.51. The number of nitrogens with zero attached hydrogens (tertiary/aromatic N) is 2. The molecular weight excluding hydrogens is 304 g/mol. The molecule has 5 nitrogen and oxygen atoms in total. The fraction of sp³-hybridized carbons (Fsp3) is 0.579. The minimum atomic E-state index is -0.0168. The molecule has 0 atom stereocenters. The van der Waals surface area contributed by atoms with E-state index in [1.165, 1.54) is 0 Å². The van der Waals surface area contributed by atoms with Crippen molar-refractivity contribution in [3.8, 4) is 5.75 Å². The summed E-state index contributed by atoms with van der Waals surface area (Å²) in [5.41, 5.74) is 1.11. The number of benzene rings is 1. The number of carbonyl (C=O) groups is 2. The summed E-state index contributed by atoms with van der Waals surface area (Å²) in [6, 6.07) is 7.80. The van der Waals surface area contributed by atoms with Crippen LogP contribution in [0.3, 0.4) is 0 Å². The first-order valence-electron chi connectivity index (χ1n) is 8.77. The van der Waals surface area contributed by atoms with E-state index in [4.69, 9.17) is 4.74 Å². The molecule has 1 heterocycles. The maximum atomic E-state index is 12.3. The number of aryl methyl sites for hydroxylation is 1. The second-order valence-electron chi connectivity index (χ2n) is 6.61. The maximum absolute atomic E-state index is 12.3. The van der Waals surface area contributed by atoms with Crippen LogP contribution < -0.4 is 4.74 Å². The highest BCUT2D eigenvalue weighted by Crippen LogP contribution is 2.18. The number of amides is 2. The monoisotopic (exact) mass is 332 g/mol. The van der Waals surface area contributed by atoms with Gasteiger partial charge >= 0.3 is 0 Å². The van der Waals surface area contributed by atoms with Crippen LogP contribution in [0.2, 0.25) is 0 Å². The zero-order chi connectivity index (χ0) is 17.5. The second-order valence-corrected chi connectivity index (χ2v) is 6.61. The Hall–Kier alpha value is -2.04. The van der Waals surface area contributed by atoms with E-state index in [1.54, 1.807) is 4.90 Å². The third-order valence-corrected chi connectivity index (χ3v) is 4.27. The number of rotatable bonds is 6. The number of hydrogen-bond acceptors (Lipinski definition) is 3. The predicted octanol–water partition coefficient (Wildman–Crippen LogP) is 2.34. The minimum absolute atomic E-state index is 0.0168. The van der Waals surface area contributed by atoms with Crippen molar-refractivity contribution in [1.29, 1.82) is 0 Å². The van der Waals surface area contributed by atoms with Crippen LogP contribution in [-0.2, 0) is 16.0 Å². The van der Waals surface area contributed by atoms with Gasteiger partial charge in [-0.3, -0.25) is 9.59 Å². The molecule has 2 amide bonds. The van der Waals surface area contributed by atoms with Gasteiger partial charge in [0.15, 0.2) is 6.61 Å². The highest BCUT2D eigenvalue weighted by Gasteiger charge is 2.24. The molecule has 0 unspecified atom stereocenters. The first kappa shape index (κ1) is 18.3. The molecule has 0 aromatic heterocycles. The summed E-state index contributed by atoms with van der Waals surface area (Å²) < 4.78 is 5.70. The number of ether oxygens (including phenoxy) is 1. The molecule has 0 saturated carbocycles. The van der Waals surface area contributed by atoms with Crippen LogP contribution in [0.15, 0.2) is 24.3 Å². The lowest BCUT2D eigenvalue weighted by molar-refractivity contribution is -0.141. The van der Waals surface area contributed by atoms with Crippen molar-refractivity contribution in [2.24, 2.45) is 5.92 Å². The van der Waals surface area contributed by atoms with Gasteiger partial charge in [-0.25, -0.2) is 0 Å². The van der Waals surface area contributed by atoms with Gasteiger partial charge in [0.05, 0.1) is 0 Å². The maximum Gasteiger partial charge on any atom is 0.260 e. The second kappa shape index (κ2) is 8.71. The number of hydrogen-bond donors (Lipinski definition) is 0. The Morgan fingerprint density at radius 1 is 1.04 bits per heavy atom. The molecule has 1 aromatic carbocycles. The Morgan fingerprint density at radius 3 is 2.21 bits per heavy atom. The summed E-state index contributed by atoms with van der Waals surface area (Å²) in [6.07, 6.45) is 1.45. The topological polar surface area (TPSA) is 49.9 Å².